The summed E-state index contributed by atoms with van der Waals surface area (Å²) in [6.45, 7) is 0. The molecule has 0 fully saturated rings. The Morgan fingerprint density at radius 2 is 1.83 bits per heavy atom. The second kappa shape index (κ2) is 6.51. The Balaban J connectivity index is 2.21. The largest absolute Gasteiger partial charge is 0.279 e. The molecule has 0 N–H and O–H groups in total. The van der Waals surface area contributed by atoms with Crippen molar-refractivity contribution in [3.63, 3.8) is 0 Å². The number of halogens is 2. The van der Waals surface area contributed by atoms with Crippen molar-refractivity contribution in [2.75, 3.05) is 0 Å². The maximum absolute atomic E-state index is 12.1. The fourth-order valence-corrected chi connectivity index (χ4v) is 3.53. The number of rotatable bonds is 2. The van der Waals surface area contributed by atoms with Gasteiger partial charge in [-0.2, -0.15) is 10.2 Å². The van der Waals surface area contributed by atoms with Crippen LogP contribution in [0, 0.1) is 11.3 Å². The summed E-state index contributed by atoms with van der Waals surface area (Å²) in [5.41, 5.74) is 0.413. The van der Waals surface area contributed by atoms with Gasteiger partial charge in [-0.1, -0.05) is 41.4 Å². The van der Waals surface area contributed by atoms with Gasteiger partial charge >= 0.3 is 0 Å². The van der Waals surface area contributed by atoms with Crippen molar-refractivity contribution < 1.29 is 0 Å². The molecule has 0 aliphatic carbocycles. The van der Waals surface area contributed by atoms with Gasteiger partial charge in [0.15, 0.2) is 0 Å². The number of aromatic nitrogens is 1. The second-order valence-corrected chi connectivity index (χ2v) is 6.47. The molecule has 0 saturated heterocycles. The van der Waals surface area contributed by atoms with Gasteiger partial charge in [0.2, 0.25) is 0 Å². The van der Waals surface area contributed by atoms with Crippen LogP contribution in [-0.2, 0) is 0 Å². The molecule has 1 heterocycles. The van der Waals surface area contributed by atoms with Crippen LogP contribution in [0.1, 0.15) is 10.6 Å². The number of nitrogens with zero attached hydrogens (tertiary/aromatic N) is 2. The Morgan fingerprint density at radius 3 is 2.52 bits per heavy atom. The first kappa shape index (κ1) is 15.7. The van der Waals surface area contributed by atoms with Crippen LogP contribution in [0.25, 0.3) is 21.7 Å². The second-order valence-electron chi connectivity index (χ2n) is 4.63. The lowest BCUT2D eigenvalue weighted by Gasteiger charge is -2.03. The molecule has 0 aliphatic heterocycles. The van der Waals surface area contributed by atoms with Crippen molar-refractivity contribution in [2.45, 2.75) is 0 Å². The molecule has 0 amide bonds. The number of nitriles is 1. The summed E-state index contributed by atoms with van der Waals surface area (Å²) < 4.78 is 0.772. The van der Waals surface area contributed by atoms with E-state index in [1.54, 1.807) is 36.4 Å². The van der Waals surface area contributed by atoms with E-state index in [1.165, 1.54) is 11.3 Å². The third-order valence-electron chi connectivity index (χ3n) is 3.17. The van der Waals surface area contributed by atoms with E-state index in [1.807, 2.05) is 12.1 Å². The number of hydrogen-bond donors (Lipinski definition) is 0. The Labute approximate surface area is 146 Å². The minimum Gasteiger partial charge on any atom is -0.267 e. The number of fused-ring (bicyclic) bond motifs is 1. The first-order valence-corrected chi connectivity index (χ1v) is 8.13. The highest BCUT2D eigenvalue weighted by Gasteiger charge is 2.11. The molecule has 3 aromatic rings. The molecule has 23 heavy (non-hydrogen) atoms. The summed E-state index contributed by atoms with van der Waals surface area (Å²) in [5, 5.41) is 11.2. The summed E-state index contributed by atoms with van der Waals surface area (Å²) in [4.78, 5) is 16.1. The smallest absolute Gasteiger partial charge is 0.267 e. The molecular formula is C17H8Cl2N2OS. The van der Waals surface area contributed by atoms with Gasteiger partial charge in [0, 0.05) is 20.3 Å². The summed E-state index contributed by atoms with van der Waals surface area (Å²) in [5.74, 6) is 0. The summed E-state index contributed by atoms with van der Waals surface area (Å²) in [7, 11) is 0. The average molecular weight is 359 g/mol. The van der Waals surface area contributed by atoms with Gasteiger partial charge < -0.3 is 0 Å². The number of benzene rings is 2. The number of hydrogen-bond acceptors (Lipinski definition) is 4. The van der Waals surface area contributed by atoms with Gasteiger partial charge in [-0.3, -0.25) is 4.79 Å². The van der Waals surface area contributed by atoms with E-state index < -0.39 is 0 Å². The van der Waals surface area contributed by atoms with Gasteiger partial charge in [0.25, 0.3) is 5.56 Å². The van der Waals surface area contributed by atoms with Crippen molar-refractivity contribution in [3.05, 3.63) is 73.4 Å². The van der Waals surface area contributed by atoms with Crippen LogP contribution < -0.4 is 5.56 Å². The van der Waals surface area contributed by atoms with Crippen LogP contribution in [0.2, 0.25) is 10.0 Å². The van der Waals surface area contributed by atoms with Crippen LogP contribution in [0.15, 0.2) is 47.3 Å². The normalized spacial score (nSPS) is 11.4. The van der Waals surface area contributed by atoms with Gasteiger partial charge in [0.1, 0.15) is 11.1 Å². The standard InChI is InChI=1S/C17H8Cl2N2OS/c18-13-5-3-6-14(19)12(13)8-10(9-20)17-21-16(22)11-4-1-2-7-15(11)23-17/h1-8H/b10-8+. The van der Waals surface area contributed by atoms with Crippen molar-refractivity contribution in [2.24, 2.45) is 0 Å². The lowest BCUT2D eigenvalue weighted by atomic mass is 10.1. The molecule has 112 valence electrons. The van der Waals surface area contributed by atoms with E-state index in [0.717, 1.165) is 4.70 Å². The minimum absolute atomic E-state index is 0.243. The predicted octanol–water partition coefficient (Wildman–Crippen LogP) is 5.03. The molecule has 0 unspecified atom stereocenters. The van der Waals surface area contributed by atoms with Crippen LogP contribution in [-0.4, -0.2) is 4.98 Å². The highest BCUT2D eigenvalue weighted by molar-refractivity contribution is 7.19. The molecular weight excluding hydrogens is 351 g/mol. The molecule has 2 aromatic carbocycles. The number of allylic oxidation sites excluding steroid dienone is 1. The topological polar surface area (TPSA) is 53.8 Å². The molecule has 0 spiro atoms. The van der Waals surface area contributed by atoms with E-state index >= 15 is 0 Å². The zero-order valence-electron chi connectivity index (χ0n) is 11.6. The summed E-state index contributed by atoms with van der Waals surface area (Å²) in [6.07, 6.45) is 1.55. The van der Waals surface area contributed by atoms with E-state index in [0.29, 0.717) is 26.0 Å². The quantitative estimate of drug-likeness (QED) is 0.603. The Bertz CT molecular complexity index is 1010. The molecule has 1 aromatic heterocycles. The van der Waals surface area contributed by atoms with Crippen LogP contribution >= 0.6 is 34.5 Å². The van der Waals surface area contributed by atoms with E-state index in [2.05, 4.69) is 11.1 Å². The molecule has 0 radical (unpaired) electrons. The maximum Gasteiger partial charge on any atom is 0.279 e. The molecule has 3 rings (SSSR count). The molecule has 0 aliphatic rings. The summed E-state index contributed by atoms with van der Waals surface area (Å²) >= 11 is 13.5. The van der Waals surface area contributed by atoms with E-state index in [9.17, 15) is 10.1 Å². The van der Waals surface area contributed by atoms with Crippen molar-refractivity contribution in [1.29, 1.82) is 5.26 Å². The zero-order valence-corrected chi connectivity index (χ0v) is 13.9. The predicted molar refractivity (Wildman–Crippen MR) is 95.8 cm³/mol. The van der Waals surface area contributed by atoms with Gasteiger partial charge in [0.05, 0.1) is 11.0 Å². The lowest BCUT2D eigenvalue weighted by molar-refractivity contribution is 1.28. The molecule has 6 heteroatoms. The zero-order chi connectivity index (χ0) is 16.4. The Hall–Kier alpha value is -2.19. The highest BCUT2D eigenvalue weighted by atomic mass is 35.5. The molecule has 0 saturated carbocycles. The monoisotopic (exact) mass is 358 g/mol. The van der Waals surface area contributed by atoms with Gasteiger partial charge in [-0.05, 0) is 30.3 Å². The van der Waals surface area contributed by atoms with E-state index in [4.69, 9.17) is 23.2 Å². The van der Waals surface area contributed by atoms with Crippen molar-refractivity contribution >= 4 is 56.3 Å². The Morgan fingerprint density at radius 1 is 1.13 bits per heavy atom. The first-order valence-electron chi connectivity index (χ1n) is 6.56. The van der Waals surface area contributed by atoms with Gasteiger partial charge in [-0.15, -0.1) is 11.3 Å². The van der Waals surface area contributed by atoms with Crippen LogP contribution in [0.4, 0.5) is 0 Å². The van der Waals surface area contributed by atoms with E-state index in [-0.39, 0.29) is 11.1 Å². The fourth-order valence-electron chi connectivity index (χ4n) is 2.06. The Kier molecular flexibility index (Phi) is 4.44. The van der Waals surface area contributed by atoms with Crippen LogP contribution in [0.5, 0.6) is 0 Å². The third-order valence-corrected chi connectivity index (χ3v) is 4.91. The molecule has 3 nitrogen and oxygen atoms in total. The first-order chi connectivity index (χ1) is 11.1. The molecule has 0 bridgehead atoms. The summed E-state index contributed by atoms with van der Waals surface area (Å²) in [6, 6.07) is 14.3. The highest BCUT2D eigenvalue weighted by Crippen LogP contribution is 2.30. The lowest BCUT2D eigenvalue weighted by Crippen LogP contribution is -2.07. The van der Waals surface area contributed by atoms with Crippen molar-refractivity contribution in [1.82, 2.24) is 4.98 Å². The van der Waals surface area contributed by atoms with Gasteiger partial charge in [-0.25, -0.2) is 0 Å². The third kappa shape index (κ3) is 3.13. The minimum atomic E-state index is -0.360. The SMILES string of the molecule is N#C/C(=C\c1c(Cl)cccc1Cl)c1nc(=O)c2ccccc2s1. The molecule has 0 atom stereocenters. The maximum atomic E-state index is 12.1. The average Bonchev–Trinajstić information content (AvgIpc) is 2.55. The van der Waals surface area contributed by atoms with Crippen molar-refractivity contribution in [3.8, 4) is 6.07 Å². The fraction of sp³-hybridized carbons (Fsp3) is 0. The van der Waals surface area contributed by atoms with Crippen LogP contribution in [0.3, 0.4) is 0 Å².